The molecule has 0 fully saturated rings. The third kappa shape index (κ3) is 3.17. The highest BCUT2D eigenvalue weighted by molar-refractivity contribution is 7.08. The Morgan fingerprint density at radius 1 is 1.14 bits per heavy atom. The Bertz CT molecular complexity index is 1240. The second kappa shape index (κ2) is 7.14. The fraction of sp³-hybridized carbons (Fsp3) is 0.143. The van der Waals surface area contributed by atoms with Crippen molar-refractivity contribution in [2.24, 2.45) is 4.99 Å². The van der Waals surface area contributed by atoms with E-state index in [0.717, 1.165) is 33.7 Å². The second-order valence-electron chi connectivity index (χ2n) is 6.91. The van der Waals surface area contributed by atoms with Gasteiger partial charge in [-0.25, -0.2) is 9.97 Å². The molecule has 8 heteroatoms. The van der Waals surface area contributed by atoms with Gasteiger partial charge in [0.25, 0.3) is 0 Å². The fourth-order valence-corrected chi connectivity index (χ4v) is 4.09. The number of hydrogen-bond acceptors (Lipinski definition) is 7. The van der Waals surface area contributed by atoms with E-state index in [0.29, 0.717) is 18.0 Å². The normalized spacial score (nSPS) is 13.1. The summed E-state index contributed by atoms with van der Waals surface area (Å²) >= 11 is 1.69. The Morgan fingerprint density at radius 3 is 2.83 bits per heavy atom. The number of thiophene rings is 1. The molecule has 0 spiro atoms. The number of H-pyrrole nitrogens is 1. The van der Waals surface area contributed by atoms with Crippen LogP contribution in [0.1, 0.15) is 5.69 Å². The van der Waals surface area contributed by atoms with E-state index in [1.807, 2.05) is 26.2 Å². The van der Waals surface area contributed by atoms with Crippen molar-refractivity contribution < 1.29 is 0 Å². The summed E-state index contributed by atoms with van der Waals surface area (Å²) in [6.07, 6.45) is 5.54. The summed E-state index contributed by atoms with van der Waals surface area (Å²) < 4.78 is 0. The van der Waals surface area contributed by atoms with Crippen LogP contribution in [0, 0.1) is 0 Å². The Labute approximate surface area is 171 Å². The molecule has 4 aromatic rings. The third-order valence-electron chi connectivity index (χ3n) is 4.84. The summed E-state index contributed by atoms with van der Waals surface area (Å²) in [5, 5.41) is 16.0. The molecule has 0 saturated carbocycles. The highest BCUT2D eigenvalue weighted by atomic mass is 32.1. The number of fused-ring (bicyclic) bond motifs is 1. The number of benzene rings is 1. The molecule has 0 amide bonds. The van der Waals surface area contributed by atoms with E-state index in [-0.39, 0.29) is 0 Å². The third-order valence-corrected chi connectivity index (χ3v) is 5.52. The molecule has 0 aliphatic carbocycles. The van der Waals surface area contributed by atoms with Crippen molar-refractivity contribution in [1.29, 1.82) is 0 Å². The molecule has 7 nitrogen and oxygen atoms in total. The maximum Gasteiger partial charge on any atom is 0.186 e. The smallest absolute Gasteiger partial charge is 0.186 e. The van der Waals surface area contributed by atoms with Gasteiger partial charge in [0.2, 0.25) is 0 Å². The van der Waals surface area contributed by atoms with Gasteiger partial charge in [-0.3, -0.25) is 10.1 Å². The number of allylic oxidation sites excluding steroid dienone is 1. The van der Waals surface area contributed by atoms with Gasteiger partial charge in [-0.15, -0.1) is 0 Å². The minimum atomic E-state index is 0.612. The number of hydrogen-bond donors (Lipinski definition) is 2. The molecular formula is C21H19N7S. The molecule has 1 aliphatic heterocycles. The number of nitrogens with one attached hydrogen (secondary N) is 2. The molecular weight excluding hydrogens is 382 g/mol. The average molecular weight is 401 g/mol. The lowest BCUT2D eigenvalue weighted by Crippen LogP contribution is -2.11. The van der Waals surface area contributed by atoms with Gasteiger partial charge in [-0.1, -0.05) is 12.1 Å². The molecule has 29 heavy (non-hydrogen) atoms. The van der Waals surface area contributed by atoms with Crippen molar-refractivity contribution in [2.75, 3.05) is 30.9 Å². The van der Waals surface area contributed by atoms with Crippen LogP contribution in [0.2, 0.25) is 0 Å². The van der Waals surface area contributed by atoms with E-state index >= 15 is 0 Å². The summed E-state index contributed by atoms with van der Waals surface area (Å²) in [6.45, 7) is 0.680. The SMILES string of the molecule is CN(C)c1ccc(-c2ccsc2)cc1Nc1ncnc2n[nH]c(C3=NCC=C3)c12. The number of aromatic nitrogens is 4. The van der Waals surface area contributed by atoms with Gasteiger partial charge in [-0.2, -0.15) is 16.4 Å². The Balaban J connectivity index is 1.63. The molecule has 1 aliphatic rings. The monoisotopic (exact) mass is 401 g/mol. The molecule has 3 aromatic heterocycles. The highest BCUT2D eigenvalue weighted by Crippen LogP contribution is 2.35. The summed E-state index contributed by atoms with van der Waals surface area (Å²) in [6, 6.07) is 8.53. The first-order chi connectivity index (χ1) is 14.2. The minimum absolute atomic E-state index is 0.612. The Hall–Kier alpha value is -3.52. The first-order valence-electron chi connectivity index (χ1n) is 9.22. The quantitative estimate of drug-likeness (QED) is 0.522. The summed E-state index contributed by atoms with van der Waals surface area (Å²) in [5.41, 5.74) is 6.70. The molecule has 4 heterocycles. The number of aromatic amines is 1. The molecule has 1 aromatic carbocycles. The van der Waals surface area contributed by atoms with Gasteiger partial charge in [0.05, 0.1) is 34.7 Å². The molecule has 0 radical (unpaired) electrons. The predicted molar refractivity (Wildman–Crippen MR) is 120 cm³/mol. The van der Waals surface area contributed by atoms with Crippen LogP contribution in [-0.4, -0.2) is 46.5 Å². The van der Waals surface area contributed by atoms with E-state index in [4.69, 9.17) is 0 Å². The highest BCUT2D eigenvalue weighted by Gasteiger charge is 2.18. The zero-order valence-electron chi connectivity index (χ0n) is 16.0. The van der Waals surface area contributed by atoms with Crippen LogP contribution in [0.3, 0.4) is 0 Å². The second-order valence-corrected chi connectivity index (χ2v) is 7.69. The first-order valence-corrected chi connectivity index (χ1v) is 10.2. The zero-order valence-corrected chi connectivity index (χ0v) is 16.9. The summed E-state index contributed by atoms with van der Waals surface area (Å²) in [5.74, 6) is 0.701. The Kier molecular flexibility index (Phi) is 4.33. The van der Waals surface area contributed by atoms with Crippen molar-refractivity contribution in [3.8, 4) is 11.1 Å². The van der Waals surface area contributed by atoms with Crippen LogP contribution in [0.5, 0.6) is 0 Å². The molecule has 0 bridgehead atoms. The van der Waals surface area contributed by atoms with E-state index in [2.05, 4.69) is 70.4 Å². The van der Waals surface area contributed by atoms with Crippen molar-refractivity contribution >= 4 is 45.3 Å². The number of anilines is 3. The molecule has 144 valence electrons. The Morgan fingerprint density at radius 2 is 2.07 bits per heavy atom. The van der Waals surface area contributed by atoms with Crippen LogP contribution in [0.4, 0.5) is 17.2 Å². The van der Waals surface area contributed by atoms with Gasteiger partial charge in [0, 0.05) is 14.1 Å². The standard InChI is InChI=1S/C21H19N7S/c1-28(2)17-6-5-13(14-7-9-29-11-14)10-16(17)25-20-18-19(15-4-3-8-22-15)26-27-21(18)24-12-23-20/h3-7,9-12H,8H2,1-2H3,(H2,23,24,25,26,27). The van der Waals surface area contributed by atoms with Crippen molar-refractivity contribution in [3.05, 3.63) is 59.2 Å². The van der Waals surface area contributed by atoms with Gasteiger partial charge in [0.1, 0.15) is 12.1 Å². The number of nitrogens with zero attached hydrogens (tertiary/aromatic N) is 5. The summed E-state index contributed by atoms with van der Waals surface area (Å²) in [4.78, 5) is 15.4. The minimum Gasteiger partial charge on any atom is -0.376 e. The van der Waals surface area contributed by atoms with Gasteiger partial charge in [-0.05, 0) is 46.2 Å². The van der Waals surface area contributed by atoms with Crippen LogP contribution in [0.15, 0.2) is 58.5 Å². The van der Waals surface area contributed by atoms with Crippen molar-refractivity contribution in [3.63, 3.8) is 0 Å². The van der Waals surface area contributed by atoms with Crippen LogP contribution in [0.25, 0.3) is 22.2 Å². The summed E-state index contributed by atoms with van der Waals surface area (Å²) in [7, 11) is 4.06. The molecule has 0 saturated heterocycles. The maximum atomic E-state index is 4.52. The van der Waals surface area contributed by atoms with E-state index < -0.39 is 0 Å². The number of rotatable bonds is 5. The molecule has 0 unspecified atom stereocenters. The zero-order chi connectivity index (χ0) is 19.8. The van der Waals surface area contributed by atoms with Gasteiger partial charge >= 0.3 is 0 Å². The van der Waals surface area contributed by atoms with E-state index in [9.17, 15) is 0 Å². The topological polar surface area (TPSA) is 82.1 Å². The van der Waals surface area contributed by atoms with Crippen LogP contribution < -0.4 is 10.2 Å². The maximum absolute atomic E-state index is 4.52. The molecule has 2 N–H and O–H groups in total. The van der Waals surface area contributed by atoms with Crippen LogP contribution in [-0.2, 0) is 0 Å². The van der Waals surface area contributed by atoms with Gasteiger partial charge in [0.15, 0.2) is 5.65 Å². The predicted octanol–water partition coefficient (Wildman–Crippen LogP) is 4.25. The van der Waals surface area contributed by atoms with Crippen molar-refractivity contribution in [2.45, 2.75) is 0 Å². The lowest BCUT2D eigenvalue weighted by molar-refractivity contribution is 1.08. The average Bonchev–Trinajstić information content (AvgIpc) is 3.48. The van der Waals surface area contributed by atoms with Crippen LogP contribution >= 0.6 is 11.3 Å². The van der Waals surface area contributed by atoms with Crippen molar-refractivity contribution in [1.82, 2.24) is 20.2 Å². The number of aliphatic imine (C=N–C) groups is 1. The van der Waals surface area contributed by atoms with Gasteiger partial charge < -0.3 is 10.2 Å². The van der Waals surface area contributed by atoms with E-state index in [1.165, 1.54) is 11.9 Å². The lowest BCUT2D eigenvalue weighted by atomic mass is 10.1. The first kappa shape index (κ1) is 17.6. The fourth-order valence-electron chi connectivity index (χ4n) is 3.43. The molecule has 5 rings (SSSR count). The largest absolute Gasteiger partial charge is 0.376 e. The molecule has 0 atom stereocenters. The van der Waals surface area contributed by atoms with E-state index in [1.54, 1.807) is 11.3 Å². The lowest BCUT2D eigenvalue weighted by Gasteiger charge is -2.19.